The summed E-state index contributed by atoms with van der Waals surface area (Å²) in [6.45, 7) is 5.69. The summed E-state index contributed by atoms with van der Waals surface area (Å²) in [5, 5.41) is 0. The maximum atomic E-state index is 14.0. The van der Waals surface area contributed by atoms with Crippen LogP contribution in [0.1, 0.15) is 37.8 Å². The molecule has 3 atom stereocenters. The number of ether oxygens (including phenoxy) is 3. The molecule has 0 unspecified atom stereocenters. The lowest BCUT2D eigenvalue weighted by atomic mass is 9.64. The third-order valence-electron chi connectivity index (χ3n) is 6.54. The van der Waals surface area contributed by atoms with Crippen LogP contribution in [0.15, 0.2) is 24.3 Å². The van der Waals surface area contributed by atoms with Gasteiger partial charge in [0.05, 0.1) is 12.1 Å². The summed E-state index contributed by atoms with van der Waals surface area (Å²) in [5.41, 5.74) is 0.949. The summed E-state index contributed by atoms with van der Waals surface area (Å²) in [6, 6.07) is 3.56. The van der Waals surface area contributed by atoms with E-state index in [9.17, 15) is 9.59 Å². The number of methoxy groups -OCH3 is 1. The van der Waals surface area contributed by atoms with Crippen LogP contribution in [0.5, 0.6) is 11.5 Å². The van der Waals surface area contributed by atoms with E-state index in [1.54, 1.807) is 19.1 Å². The van der Waals surface area contributed by atoms with Crippen molar-refractivity contribution in [2.24, 2.45) is 5.92 Å². The first-order chi connectivity index (χ1) is 14.4. The van der Waals surface area contributed by atoms with E-state index in [2.05, 4.69) is 13.8 Å². The lowest BCUT2D eigenvalue weighted by Gasteiger charge is -2.50. The Bertz CT molecular complexity index is 867. The topological polar surface area (TPSA) is 68.3 Å². The SMILES string of the molecule is CO[C@@H]1C=C[C@@]2(C(=O)N(CCC(C)C)Cc3cc4c(cc32)OCO4)[C@@H](N(C)C=O)C1. The van der Waals surface area contributed by atoms with Gasteiger partial charge in [-0.15, -0.1) is 0 Å². The molecule has 1 aliphatic carbocycles. The van der Waals surface area contributed by atoms with Crippen LogP contribution in [0.4, 0.5) is 0 Å². The normalized spacial score (nSPS) is 27.0. The maximum absolute atomic E-state index is 14.0. The number of carbonyl (C=O) groups is 2. The molecule has 0 radical (unpaired) electrons. The number of hydrogen-bond acceptors (Lipinski definition) is 5. The monoisotopic (exact) mass is 414 g/mol. The van der Waals surface area contributed by atoms with Gasteiger partial charge in [0.1, 0.15) is 5.41 Å². The number of benzene rings is 1. The number of carbonyl (C=O) groups excluding carboxylic acids is 2. The predicted molar refractivity (Wildman–Crippen MR) is 111 cm³/mol. The molecule has 30 heavy (non-hydrogen) atoms. The maximum Gasteiger partial charge on any atom is 0.239 e. The van der Waals surface area contributed by atoms with Gasteiger partial charge in [-0.1, -0.05) is 26.0 Å². The van der Waals surface area contributed by atoms with Crippen molar-refractivity contribution in [1.82, 2.24) is 9.80 Å². The van der Waals surface area contributed by atoms with Gasteiger partial charge in [-0.25, -0.2) is 0 Å². The highest BCUT2D eigenvalue weighted by atomic mass is 16.7. The minimum absolute atomic E-state index is 0.0269. The van der Waals surface area contributed by atoms with Crippen LogP contribution in [0.25, 0.3) is 0 Å². The second-order valence-corrected chi connectivity index (χ2v) is 8.80. The molecule has 7 nitrogen and oxygen atoms in total. The van der Waals surface area contributed by atoms with Gasteiger partial charge in [-0.2, -0.15) is 0 Å². The van der Waals surface area contributed by atoms with Crippen molar-refractivity contribution in [2.75, 3.05) is 27.5 Å². The van der Waals surface area contributed by atoms with Gasteiger partial charge in [0.25, 0.3) is 0 Å². The summed E-state index contributed by atoms with van der Waals surface area (Å²) < 4.78 is 16.8. The van der Waals surface area contributed by atoms with Gasteiger partial charge in [-0.3, -0.25) is 9.59 Å². The van der Waals surface area contributed by atoms with Crippen LogP contribution in [-0.4, -0.2) is 61.8 Å². The van der Waals surface area contributed by atoms with Gasteiger partial charge in [0.2, 0.25) is 19.1 Å². The molecular formula is C23H30N2O5. The summed E-state index contributed by atoms with van der Waals surface area (Å²) in [6.07, 6.45) is 6.00. The van der Waals surface area contributed by atoms with E-state index in [4.69, 9.17) is 14.2 Å². The summed E-state index contributed by atoms with van der Waals surface area (Å²) >= 11 is 0. The molecule has 2 heterocycles. The van der Waals surface area contributed by atoms with Crippen molar-refractivity contribution in [3.8, 4) is 11.5 Å². The van der Waals surface area contributed by atoms with Crippen molar-refractivity contribution >= 4 is 12.3 Å². The molecule has 4 rings (SSSR count). The van der Waals surface area contributed by atoms with Crippen LogP contribution in [0.3, 0.4) is 0 Å². The fourth-order valence-corrected chi connectivity index (χ4v) is 4.82. The van der Waals surface area contributed by atoms with Gasteiger partial charge in [0.15, 0.2) is 11.5 Å². The molecule has 162 valence electrons. The quantitative estimate of drug-likeness (QED) is 0.528. The zero-order chi connectivity index (χ0) is 21.5. The lowest BCUT2D eigenvalue weighted by molar-refractivity contribution is -0.142. The Hall–Kier alpha value is -2.54. The minimum Gasteiger partial charge on any atom is -0.454 e. The molecule has 0 bridgehead atoms. The largest absolute Gasteiger partial charge is 0.454 e. The Morgan fingerprint density at radius 2 is 2.07 bits per heavy atom. The van der Waals surface area contributed by atoms with Crippen LogP contribution < -0.4 is 9.47 Å². The number of nitrogens with zero attached hydrogens (tertiary/aromatic N) is 2. The molecule has 2 amide bonds. The summed E-state index contributed by atoms with van der Waals surface area (Å²) in [4.78, 5) is 29.4. The van der Waals surface area contributed by atoms with Crippen molar-refractivity contribution in [2.45, 2.75) is 50.8 Å². The van der Waals surface area contributed by atoms with Crippen molar-refractivity contribution in [3.05, 3.63) is 35.4 Å². The predicted octanol–water partition coefficient (Wildman–Crippen LogP) is 2.47. The van der Waals surface area contributed by atoms with E-state index in [0.29, 0.717) is 36.9 Å². The van der Waals surface area contributed by atoms with E-state index in [1.165, 1.54) is 0 Å². The molecular weight excluding hydrogens is 384 g/mol. The fraction of sp³-hybridized carbons (Fsp3) is 0.565. The van der Waals surface area contributed by atoms with E-state index in [1.807, 2.05) is 29.2 Å². The molecule has 0 saturated heterocycles. The summed E-state index contributed by atoms with van der Waals surface area (Å²) in [7, 11) is 3.38. The first-order valence-electron chi connectivity index (χ1n) is 10.5. The fourth-order valence-electron chi connectivity index (χ4n) is 4.82. The Morgan fingerprint density at radius 3 is 2.73 bits per heavy atom. The third-order valence-corrected chi connectivity index (χ3v) is 6.54. The van der Waals surface area contributed by atoms with Crippen LogP contribution >= 0.6 is 0 Å². The number of fused-ring (bicyclic) bond motifs is 3. The highest BCUT2D eigenvalue weighted by Gasteiger charge is 2.54. The summed E-state index contributed by atoms with van der Waals surface area (Å²) in [5.74, 6) is 1.86. The molecule has 1 aromatic carbocycles. The molecule has 1 spiro atoms. The van der Waals surface area contributed by atoms with E-state index < -0.39 is 5.41 Å². The molecule has 0 saturated carbocycles. The van der Waals surface area contributed by atoms with E-state index in [0.717, 1.165) is 24.0 Å². The van der Waals surface area contributed by atoms with Crippen LogP contribution in [0.2, 0.25) is 0 Å². The van der Waals surface area contributed by atoms with Gasteiger partial charge < -0.3 is 24.0 Å². The van der Waals surface area contributed by atoms with Crippen molar-refractivity contribution in [3.63, 3.8) is 0 Å². The average Bonchev–Trinajstić information content (AvgIpc) is 3.21. The third kappa shape index (κ3) is 3.25. The van der Waals surface area contributed by atoms with Crippen LogP contribution in [-0.2, 0) is 26.3 Å². The highest BCUT2D eigenvalue weighted by Crippen LogP contribution is 2.48. The first-order valence-corrected chi connectivity index (χ1v) is 10.5. The van der Waals surface area contributed by atoms with E-state index in [-0.39, 0.29) is 24.8 Å². The zero-order valence-corrected chi connectivity index (χ0v) is 18.1. The molecule has 3 aliphatic rings. The zero-order valence-electron chi connectivity index (χ0n) is 18.1. The second-order valence-electron chi connectivity index (χ2n) is 8.80. The van der Waals surface area contributed by atoms with Crippen LogP contribution in [0, 0.1) is 5.92 Å². The van der Waals surface area contributed by atoms with E-state index >= 15 is 0 Å². The average molecular weight is 415 g/mol. The Morgan fingerprint density at radius 1 is 1.33 bits per heavy atom. The highest BCUT2D eigenvalue weighted by molar-refractivity contribution is 5.94. The molecule has 0 fully saturated rings. The standard InChI is InChI=1S/C23H30N2O5/c1-15(2)6-8-25-12-16-9-19-20(30-14-29-19)11-18(16)23(22(25)27)7-5-17(28-4)10-21(23)24(3)13-26/h5,7,9,11,13,15,17,21H,6,8,10,12,14H2,1-4H3/t17-,21+,23+/m1/s1. The van der Waals surface area contributed by atoms with Crippen molar-refractivity contribution < 1.29 is 23.8 Å². The second kappa shape index (κ2) is 7.95. The molecule has 7 heteroatoms. The smallest absolute Gasteiger partial charge is 0.239 e. The number of amides is 2. The Balaban J connectivity index is 1.88. The number of likely N-dealkylation sites (N-methyl/N-ethyl adjacent to an activating group) is 1. The van der Waals surface area contributed by atoms with Crippen molar-refractivity contribution in [1.29, 1.82) is 0 Å². The lowest BCUT2D eigenvalue weighted by Crippen LogP contribution is -2.62. The number of rotatable bonds is 6. The Labute approximate surface area is 177 Å². The first kappa shape index (κ1) is 20.7. The molecule has 0 N–H and O–H groups in total. The molecule has 2 aliphatic heterocycles. The molecule has 0 aromatic heterocycles. The number of hydrogen-bond donors (Lipinski definition) is 0. The van der Waals surface area contributed by atoms with Gasteiger partial charge in [0, 0.05) is 27.2 Å². The Kier molecular flexibility index (Phi) is 5.49. The van der Waals surface area contributed by atoms with Gasteiger partial charge in [-0.05, 0) is 42.0 Å². The molecule has 1 aromatic rings. The minimum atomic E-state index is -0.976. The van der Waals surface area contributed by atoms with Gasteiger partial charge >= 0.3 is 0 Å².